The molecule has 0 bridgehead atoms. The minimum absolute atomic E-state index is 0.00889. The second kappa shape index (κ2) is 18.4. The molecule has 1 aromatic carbocycles. The maximum Gasteiger partial charge on any atom is 0.326 e. The lowest BCUT2D eigenvalue weighted by atomic mass is 10.0. The average molecular weight is 581 g/mol. The summed E-state index contributed by atoms with van der Waals surface area (Å²) in [5.41, 5.74) is 22.5. The van der Waals surface area contributed by atoms with Crippen LogP contribution in [-0.2, 0) is 30.4 Å². The van der Waals surface area contributed by atoms with E-state index in [1.165, 1.54) is 11.8 Å². The van der Waals surface area contributed by atoms with Gasteiger partial charge in [0.1, 0.15) is 18.1 Å². The van der Waals surface area contributed by atoms with Crippen molar-refractivity contribution in [3.63, 3.8) is 0 Å². The number of carboxylic acid groups (broad SMARTS) is 1. The molecular formula is C25H40N8O6S. The summed E-state index contributed by atoms with van der Waals surface area (Å²) in [6.07, 6.45) is 2.20. The number of carbonyl (C=O) groups excluding carboxylic acids is 4. The molecular weight excluding hydrogens is 540 g/mol. The highest BCUT2D eigenvalue weighted by Gasteiger charge is 2.30. The molecule has 0 aliphatic rings. The summed E-state index contributed by atoms with van der Waals surface area (Å²) >= 11 is 1.53. The van der Waals surface area contributed by atoms with E-state index < -0.39 is 53.8 Å². The number of carbonyl (C=O) groups is 5. The molecule has 0 aromatic heterocycles. The number of carboxylic acids is 1. The van der Waals surface area contributed by atoms with Gasteiger partial charge in [-0.3, -0.25) is 24.2 Å². The summed E-state index contributed by atoms with van der Waals surface area (Å²) in [6, 6.07) is 4.35. The Hall–Kier alpha value is -3.85. The molecule has 0 radical (unpaired) electrons. The number of nitrogens with two attached hydrogens (primary N) is 4. The van der Waals surface area contributed by atoms with Gasteiger partial charge < -0.3 is 44.0 Å². The van der Waals surface area contributed by atoms with Gasteiger partial charge in [0.15, 0.2) is 5.96 Å². The van der Waals surface area contributed by atoms with Crippen LogP contribution in [0.25, 0.3) is 0 Å². The number of guanidine groups is 1. The van der Waals surface area contributed by atoms with Gasteiger partial charge in [0.2, 0.25) is 23.6 Å². The smallest absolute Gasteiger partial charge is 0.326 e. The molecule has 0 saturated heterocycles. The Balaban J connectivity index is 3.08. The van der Waals surface area contributed by atoms with Crippen LogP contribution in [0.15, 0.2) is 35.3 Å². The number of nitrogens with zero attached hydrogens (tertiary/aromatic N) is 1. The SMILES string of the molecule is CSCCC(N)C(=O)NC(Cc1ccccc1)C(=O)NC(CCC(N)=O)C(=O)NC(CCCN=C(N)N)C(=O)O. The van der Waals surface area contributed by atoms with Crippen molar-refractivity contribution in [1.29, 1.82) is 0 Å². The first kappa shape index (κ1) is 34.2. The largest absolute Gasteiger partial charge is 0.480 e. The molecule has 0 fully saturated rings. The highest BCUT2D eigenvalue weighted by molar-refractivity contribution is 7.98. The van der Waals surface area contributed by atoms with Gasteiger partial charge in [-0.15, -0.1) is 0 Å². The number of primary amides is 1. The number of rotatable bonds is 19. The molecule has 4 amide bonds. The molecule has 0 saturated carbocycles. The van der Waals surface area contributed by atoms with Gasteiger partial charge in [-0.2, -0.15) is 11.8 Å². The van der Waals surface area contributed by atoms with Crippen LogP contribution in [-0.4, -0.2) is 83.4 Å². The van der Waals surface area contributed by atoms with Crippen LogP contribution in [0.3, 0.4) is 0 Å². The second-order valence-corrected chi connectivity index (χ2v) is 10.0. The molecule has 0 spiro atoms. The first-order chi connectivity index (χ1) is 18.9. The molecule has 222 valence electrons. The van der Waals surface area contributed by atoms with Crippen molar-refractivity contribution >= 4 is 47.3 Å². The first-order valence-corrected chi connectivity index (χ1v) is 14.1. The van der Waals surface area contributed by atoms with Crippen LogP contribution in [0.5, 0.6) is 0 Å². The summed E-state index contributed by atoms with van der Waals surface area (Å²) in [4.78, 5) is 66.1. The Morgan fingerprint density at radius 2 is 1.48 bits per heavy atom. The Bertz CT molecular complexity index is 1020. The van der Waals surface area contributed by atoms with Gasteiger partial charge in [-0.1, -0.05) is 30.3 Å². The van der Waals surface area contributed by atoms with Crippen LogP contribution in [0.4, 0.5) is 0 Å². The number of nitrogens with one attached hydrogen (secondary N) is 3. The topological polar surface area (TPSA) is 258 Å². The Morgan fingerprint density at radius 1 is 0.875 bits per heavy atom. The molecule has 0 aliphatic carbocycles. The minimum Gasteiger partial charge on any atom is -0.480 e. The number of amides is 4. The number of hydrogen-bond acceptors (Lipinski definition) is 8. The zero-order chi connectivity index (χ0) is 30.1. The Morgan fingerprint density at radius 3 is 2.05 bits per heavy atom. The summed E-state index contributed by atoms with van der Waals surface area (Å²) < 4.78 is 0. The lowest BCUT2D eigenvalue weighted by molar-refractivity contribution is -0.142. The van der Waals surface area contributed by atoms with Crippen molar-refractivity contribution in [3.05, 3.63) is 35.9 Å². The maximum atomic E-state index is 13.4. The highest BCUT2D eigenvalue weighted by Crippen LogP contribution is 2.08. The molecule has 0 aliphatic heterocycles. The number of aliphatic imine (C=N–C) groups is 1. The summed E-state index contributed by atoms with van der Waals surface area (Å²) in [5, 5.41) is 17.1. The van der Waals surface area contributed by atoms with E-state index in [1.54, 1.807) is 30.3 Å². The van der Waals surface area contributed by atoms with Crippen molar-refractivity contribution in [2.24, 2.45) is 27.9 Å². The van der Waals surface area contributed by atoms with E-state index in [0.29, 0.717) is 12.2 Å². The van der Waals surface area contributed by atoms with Crippen molar-refractivity contribution in [2.75, 3.05) is 18.6 Å². The fourth-order valence-corrected chi connectivity index (χ4v) is 4.06. The van der Waals surface area contributed by atoms with E-state index in [-0.39, 0.29) is 44.6 Å². The van der Waals surface area contributed by atoms with Crippen LogP contribution in [0.2, 0.25) is 0 Å². The van der Waals surface area contributed by atoms with E-state index in [0.717, 1.165) is 5.56 Å². The molecule has 0 heterocycles. The molecule has 12 N–H and O–H groups in total. The van der Waals surface area contributed by atoms with Gasteiger partial charge in [-0.25, -0.2) is 4.79 Å². The third-order valence-electron chi connectivity index (χ3n) is 5.76. The molecule has 1 rings (SSSR count). The van der Waals surface area contributed by atoms with Gasteiger partial charge in [0, 0.05) is 19.4 Å². The number of aliphatic carboxylic acids is 1. The zero-order valence-corrected chi connectivity index (χ0v) is 23.3. The highest BCUT2D eigenvalue weighted by atomic mass is 32.2. The van der Waals surface area contributed by atoms with Gasteiger partial charge in [-0.05, 0) is 43.3 Å². The van der Waals surface area contributed by atoms with Crippen molar-refractivity contribution < 1.29 is 29.1 Å². The summed E-state index contributed by atoms with van der Waals surface area (Å²) in [6.45, 7) is 0.157. The van der Waals surface area contributed by atoms with E-state index in [4.69, 9.17) is 22.9 Å². The predicted octanol–water partition coefficient (Wildman–Crippen LogP) is -1.83. The van der Waals surface area contributed by atoms with E-state index >= 15 is 0 Å². The number of benzene rings is 1. The van der Waals surface area contributed by atoms with Gasteiger partial charge >= 0.3 is 5.97 Å². The zero-order valence-electron chi connectivity index (χ0n) is 22.5. The standard InChI is InChI=1S/C25H40N8O6S/c1-40-13-11-16(26)21(35)33-19(14-15-6-3-2-4-7-15)23(37)31-17(9-10-20(27)34)22(36)32-18(24(38)39)8-5-12-30-25(28)29/h2-4,6-7,16-19H,5,8-14,26H2,1H3,(H2,27,34)(H,31,37)(H,32,36)(H,33,35)(H,38,39)(H4,28,29,30). The summed E-state index contributed by atoms with van der Waals surface area (Å²) in [7, 11) is 0. The third kappa shape index (κ3) is 13.8. The van der Waals surface area contributed by atoms with Crippen molar-refractivity contribution in [3.8, 4) is 0 Å². The monoisotopic (exact) mass is 580 g/mol. The van der Waals surface area contributed by atoms with E-state index in [9.17, 15) is 29.1 Å². The second-order valence-electron chi connectivity index (χ2n) is 9.05. The third-order valence-corrected chi connectivity index (χ3v) is 6.40. The summed E-state index contributed by atoms with van der Waals surface area (Å²) in [5.74, 6) is -3.58. The molecule has 40 heavy (non-hydrogen) atoms. The quantitative estimate of drug-likeness (QED) is 0.0515. The normalized spacial score (nSPS) is 13.7. The van der Waals surface area contributed by atoms with Gasteiger partial charge in [0.25, 0.3) is 0 Å². The minimum atomic E-state index is -1.31. The molecule has 4 atom stereocenters. The predicted molar refractivity (Wildman–Crippen MR) is 153 cm³/mol. The molecule has 4 unspecified atom stereocenters. The lowest BCUT2D eigenvalue weighted by Crippen LogP contribution is -2.57. The van der Waals surface area contributed by atoms with E-state index in [1.807, 2.05) is 6.26 Å². The Kier molecular flexibility index (Phi) is 15.8. The lowest BCUT2D eigenvalue weighted by Gasteiger charge is -2.25. The van der Waals surface area contributed by atoms with Gasteiger partial charge in [0.05, 0.1) is 6.04 Å². The van der Waals surface area contributed by atoms with Crippen molar-refractivity contribution in [1.82, 2.24) is 16.0 Å². The fraction of sp³-hybridized carbons (Fsp3) is 0.520. The number of thioether (sulfide) groups is 1. The van der Waals surface area contributed by atoms with Crippen LogP contribution >= 0.6 is 11.8 Å². The van der Waals surface area contributed by atoms with Crippen LogP contribution < -0.4 is 38.9 Å². The number of hydrogen-bond donors (Lipinski definition) is 8. The van der Waals surface area contributed by atoms with Crippen LogP contribution in [0.1, 0.15) is 37.7 Å². The maximum absolute atomic E-state index is 13.4. The Labute approximate surface area is 237 Å². The molecule has 1 aromatic rings. The first-order valence-electron chi connectivity index (χ1n) is 12.7. The molecule has 15 heteroatoms. The molecule has 14 nitrogen and oxygen atoms in total. The average Bonchev–Trinajstić information content (AvgIpc) is 2.90. The van der Waals surface area contributed by atoms with Crippen molar-refractivity contribution in [2.45, 2.75) is 62.7 Å². The van der Waals surface area contributed by atoms with E-state index in [2.05, 4.69) is 20.9 Å². The fourth-order valence-electron chi connectivity index (χ4n) is 3.57. The van der Waals surface area contributed by atoms with Crippen LogP contribution in [0, 0.1) is 0 Å².